The molecule has 186 valence electrons. The summed E-state index contributed by atoms with van der Waals surface area (Å²) in [5.41, 5.74) is 6.28. The average molecular weight is 639 g/mol. The third kappa shape index (κ3) is 11.6. The molecule has 0 aromatic carbocycles. The van der Waals surface area contributed by atoms with Gasteiger partial charge in [-0.1, -0.05) is 11.8 Å². The first-order chi connectivity index (χ1) is 15.1. The zero-order valence-corrected chi connectivity index (χ0v) is 31.2. The fraction of sp³-hybridized carbons (Fsp3) is 0.545. The molecule has 37 heavy (non-hydrogen) atoms. The molecule has 3 rings (SSSR count). The number of phosphoric acid groups is 2. The summed E-state index contributed by atoms with van der Waals surface area (Å²) in [6, 6.07) is 0. The van der Waals surface area contributed by atoms with Crippen molar-refractivity contribution in [2.45, 2.75) is 29.7 Å². The van der Waals surface area contributed by atoms with Gasteiger partial charge >= 0.3 is 118 Å². The number of thioether (sulfide) groups is 1. The Morgan fingerprint density at radius 3 is 2.27 bits per heavy atom. The maximum absolute atomic E-state index is 12.3. The largest absolute Gasteiger partial charge is 1.00 e. The van der Waals surface area contributed by atoms with Gasteiger partial charge in [0.2, 0.25) is 0 Å². The van der Waals surface area contributed by atoms with Gasteiger partial charge in [0.1, 0.15) is 23.8 Å². The molecule has 17 nitrogen and oxygen atoms in total. The Kier molecular flexibility index (Phi) is 19.2. The number of hydrogen-bond donors (Lipinski definition) is 3. The van der Waals surface area contributed by atoms with Crippen molar-refractivity contribution in [3.8, 4) is 0 Å². The predicted molar refractivity (Wildman–Crippen MR) is 108 cm³/mol. The van der Waals surface area contributed by atoms with Crippen LogP contribution in [0.25, 0.3) is 11.2 Å². The smallest absolute Gasteiger partial charge is 0.790 e. The predicted octanol–water partition coefficient (Wildman–Crippen LogP) is -15.4. The summed E-state index contributed by atoms with van der Waals surface area (Å²) in [5, 5.41) is 21.1. The van der Waals surface area contributed by atoms with Gasteiger partial charge in [-0.2, -0.15) is 0 Å². The van der Waals surface area contributed by atoms with Gasteiger partial charge in [0.15, 0.2) is 30.3 Å². The number of anilines is 1. The van der Waals surface area contributed by atoms with Crippen LogP contribution in [0.1, 0.15) is 6.23 Å². The van der Waals surface area contributed by atoms with E-state index in [2.05, 4.69) is 23.6 Å². The van der Waals surface area contributed by atoms with Gasteiger partial charge in [0.05, 0.1) is 28.3 Å². The second-order valence-corrected chi connectivity index (χ2v) is 10.6. The molecule has 0 spiro atoms. The summed E-state index contributed by atoms with van der Waals surface area (Å²) >= 11 is 1.20. The van der Waals surface area contributed by atoms with Crippen LogP contribution >= 0.6 is 34.9 Å². The molecule has 0 amide bonds. The molecular formula is C11H17BN5Na4O12P3S. The third-order valence-electron chi connectivity index (χ3n) is 3.93. The fourth-order valence-corrected chi connectivity index (χ4v) is 5.51. The van der Waals surface area contributed by atoms with Crippen molar-refractivity contribution < 1.29 is 175 Å². The molecule has 2 aromatic rings. The molecule has 1 aliphatic heterocycles. The molecule has 0 aliphatic carbocycles. The van der Waals surface area contributed by atoms with E-state index in [1.807, 2.05) is 0 Å². The van der Waals surface area contributed by atoms with Crippen molar-refractivity contribution in [2.24, 2.45) is 0 Å². The Bertz CT molecular complexity index is 1200. The van der Waals surface area contributed by atoms with E-state index in [-0.39, 0.29) is 135 Å². The number of aliphatic hydroxyl groups is 2. The molecule has 1 aliphatic rings. The van der Waals surface area contributed by atoms with Crippen LogP contribution in [0.4, 0.5) is 5.82 Å². The molecule has 3 heterocycles. The molecular weight excluding hydrogens is 622 g/mol. The second-order valence-electron chi connectivity index (χ2n) is 6.04. The summed E-state index contributed by atoms with van der Waals surface area (Å²) in [4.78, 5) is 44.7. The van der Waals surface area contributed by atoms with Crippen LogP contribution in [0, 0.1) is 0 Å². The standard InChI is InChI=1S/C11H20BN5O12P3S.4Na/c1-33-11-15-8(13)5-9(16-11)17(3-14-5)10-7(19)6(18)4(27-10)2-26-30(12,20)28-32(24,25)29-31(21,22)23;;;;/h3-4,6-7,10,18-19H,2H2,1,12H3,(H,24,25)(H2,13,15,16)(H2,21,22,23);;;;/q-1;4*+1/p-3/t4-,6-,7-,10-,30?;;;;/m1..../s1. The zero-order valence-electron chi connectivity index (χ0n) is 19.7. The van der Waals surface area contributed by atoms with Crippen LogP contribution in [-0.2, 0) is 31.6 Å². The summed E-state index contributed by atoms with van der Waals surface area (Å²) in [6.45, 7) is -0.707. The van der Waals surface area contributed by atoms with Crippen molar-refractivity contribution in [1.82, 2.24) is 19.5 Å². The van der Waals surface area contributed by atoms with Crippen LogP contribution in [0.2, 0.25) is 0 Å². The Morgan fingerprint density at radius 1 is 1.14 bits per heavy atom. The van der Waals surface area contributed by atoms with Crippen LogP contribution in [0.15, 0.2) is 11.5 Å². The zero-order chi connectivity index (χ0) is 24.8. The molecule has 1 saturated heterocycles. The number of nitrogen functional groups attached to an aromatic ring is 1. The molecule has 6 atom stereocenters. The number of aromatic nitrogens is 4. The molecule has 0 bridgehead atoms. The normalized spacial score (nSPS) is 24.5. The minimum atomic E-state index is -5.97. The number of rotatable bonds is 9. The summed E-state index contributed by atoms with van der Waals surface area (Å²) < 4.78 is 53.4. The maximum Gasteiger partial charge on any atom is 1.00 e. The van der Waals surface area contributed by atoms with E-state index in [9.17, 15) is 38.6 Å². The van der Waals surface area contributed by atoms with E-state index in [0.717, 1.165) is 0 Å². The van der Waals surface area contributed by atoms with E-state index < -0.39 is 61.8 Å². The Labute approximate surface area is 304 Å². The number of hydrogen-bond acceptors (Lipinski definition) is 17. The van der Waals surface area contributed by atoms with E-state index >= 15 is 0 Å². The van der Waals surface area contributed by atoms with Crippen molar-refractivity contribution in [3.63, 3.8) is 0 Å². The first-order valence-corrected chi connectivity index (χ1v) is 13.5. The molecule has 2 aromatic heterocycles. The number of fused-ring (bicyclic) bond motifs is 1. The molecule has 2 unspecified atom stereocenters. The SMILES string of the molecule is [BH3-]P(=O)(OC[C@H]1O[C@@H](n2cnc3c(N)nc(SC)nc32)[C@H](O)[C@@H]1O)OP(=O)([O-])OP(=O)([O-])[O-].[Na+].[Na+].[Na+].[Na+]. The second kappa shape index (κ2) is 16.8. The van der Waals surface area contributed by atoms with Gasteiger partial charge in [-0.05, 0) is 6.26 Å². The Hall–Kier alpha value is 3.09. The van der Waals surface area contributed by atoms with Crippen LogP contribution < -0.4 is 139 Å². The Balaban J connectivity index is 0. The third-order valence-corrected chi connectivity index (χ3v) is 7.77. The van der Waals surface area contributed by atoms with Gasteiger partial charge in [-0.25, -0.2) is 15.0 Å². The van der Waals surface area contributed by atoms with Crippen LogP contribution in [-0.4, -0.2) is 68.5 Å². The molecule has 26 heteroatoms. The average Bonchev–Trinajstić information content (AvgIpc) is 3.19. The van der Waals surface area contributed by atoms with Gasteiger partial charge in [0.25, 0.3) is 7.82 Å². The molecule has 0 saturated carbocycles. The molecule has 4 N–H and O–H groups in total. The van der Waals surface area contributed by atoms with E-state index in [0.29, 0.717) is 5.16 Å². The molecule has 1 fully saturated rings. The van der Waals surface area contributed by atoms with Crippen LogP contribution in [0.3, 0.4) is 0 Å². The van der Waals surface area contributed by atoms with Crippen molar-refractivity contribution in [1.29, 1.82) is 0 Å². The topological polar surface area (TPSA) is 267 Å². The minimum absolute atomic E-state index is 0. The maximum atomic E-state index is 12.3. The fourth-order valence-electron chi connectivity index (χ4n) is 2.67. The van der Waals surface area contributed by atoms with Crippen molar-refractivity contribution in [2.75, 3.05) is 18.6 Å². The van der Waals surface area contributed by atoms with E-state index in [1.54, 1.807) is 6.26 Å². The number of imidazole rings is 1. The van der Waals surface area contributed by atoms with Gasteiger partial charge in [-0.3, -0.25) is 17.8 Å². The van der Waals surface area contributed by atoms with Gasteiger partial charge in [0, 0.05) is 0 Å². The Morgan fingerprint density at radius 2 is 1.73 bits per heavy atom. The number of aliphatic hydroxyl groups excluding tert-OH is 2. The van der Waals surface area contributed by atoms with E-state index in [1.165, 1.54) is 22.7 Å². The number of nitrogens with two attached hydrogens (primary N) is 1. The quantitative estimate of drug-likeness (QED) is 0.0995. The van der Waals surface area contributed by atoms with Gasteiger partial charge in [-0.15, -0.1) is 0 Å². The summed E-state index contributed by atoms with van der Waals surface area (Å²) in [7, 11) is -17.6. The first kappa shape index (κ1) is 42.2. The van der Waals surface area contributed by atoms with Crippen molar-refractivity contribution >= 4 is 59.4 Å². The van der Waals surface area contributed by atoms with E-state index in [4.69, 9.17) is 15.0 Å². The van der Waals surface area contributed by atoms with Crippen molar-refractivity contribution in [3.05, 3.63) is 6.33 Å². The molecule has 0 radical (unpaired) electrons. The minimum Gasteiger partial charge on any atom is -0.790 e. The summed E-state index contributed by atoms with van der Waals surface area (Å²) in [6.07, 6.45) is -2.68. The number of nitrogens with zero attached hydrogens (tertiary/aromatic N) is 4. The van der Waals surface area contributed by atoms with Gasteiger partial charge < -0.3 is 49.0 Å². The van der Waals surface area contributed by atoms with Crippen LogP contribution in [0.5, 0.6) is 0 Å². The summed E-state index contributed by atoms with van der Waals surface area (Å²) in [5.74, 6) is 0.0824. The monoisotopic (exact) mass is 639 g/mol. The number of ether oxygens (including phenoxy) is 1. The first-order valence-electron chi connectivity index (χ1n) is 8.21.